The largest absolute Gasteiger partial charge is 0.444 e. The lowest BCUT2D eigenvalue weighted by Gasteiger charge is -2.27. The molecular formula is C39H62N4O15. The Morgan fingerprint density at radius 3 is 1.59 bits per heavy atom. The summed E-state index contributed by atoms with van der Waals surface area (Å²) in [4.78, 5) is 64.2. The lowest BCUT2D eigenvalue weighted by molar-refractivity contribution is -0.136. The van der Waals surface area contributed by atoms with Gasteiger partial charge in [-0.1, -0.05) is 6.07 Å². The number of nitrogens with one attached hydrogen (secondary N) is 2. The molecule has 0 spiro atoms. The molecule has 1 unspecified atom stereocenters. The highest BCUT2D eigenvalue weighted by Gasteiger charge is 2.45. The first-order valence-corrected chi connectivity index (χ1v) is 19.7. The summed E-state index contributed by atoms with van der Waals surface area (Å²) >= 11 is 0. The first-order chi connectivity index (χ1) is 28.0. The van der Waals surface area contributed by atoms with Crippen LogP contribution >= 0.6 is 0 Å². The van der Waals surface area contributed by atoms with Crippen LogP contribution in [0.15, 0.2) is 18.2 Å². The van der Waals surface area contributed by atoms with E-state index in [-0.39, 0.29) is 30.1 Å². The molecular weight excluding hydrogens is 764 g/mol. The van der Waals surface area contributed by atoms with Crippen molar-refractivity contribution in [1.29, 1.82) is 0 Å². The molecule has 328 valence electrons. The quantitative estimate of drug-likeness (QED) is 0.0780. The maximum absolute atomic E-state index is 13.2. The van der Waals surface area contributed by atoms with Gasteiger partial charge in [-0.25, -0.2) is 4.79 Å². The standard InChI is InChI=1S/C39H62N4O15/c1-39(2,3)58-38(48)42(4)11-13-50-15-17-52-19-21-54-23-25-56-27-29-57-28-26-55-24-22-53-20-18-51-16-14-49-12-10-40-31-7-5-6-30-34(31)37(47)43(36(30)46)32-8-9-33(44)41-35(32)45/h5-7,32,40H,8-29H2,1-4H3,(H,41,44,45). The van der Waals surface area contributed by atoms with Crippen molar-refractivity contribution < 1.29 is 71.3 Å². The lowest BCUT2D eigenvalue weighted by atomic mass is 10.0. The predicted molar refractivity (Wildman–Crippen MR) is 208 cm³/mol. The van der Waals surface area contributed by atoms with E-state index in [2.05, 4.69) is 10.6 Å². The lowest BCUT2D eigenvalue weighted by Crippen LogP contribution is -2.54. The van der Waals surface area contributed by atoms with Crippen LogP contribution in [0.2, 0.25) is 0 Å². The minimum absolute atomic E-state index is 0.0624. The molecule has 0 saturated carbocycles. The number of imide groups is 2. The third-order valence-corrected chi connectivity index (χ3v) is 8.28. The molecule has 0 aliphatic carbocycles. The molecule has 0 bridgehead atoms. The molecule has 1 fully saturated rings. The summed E-state index contributed by atoms with van der Waals surface area (Å²) in [7, 11) is 1.67. The average Bonchev–Trinajstić information content (AvgIpc) is 3.43. The predicted octanol–water partition coefficient (Wildman–Crippen LogP) is 1.52. The number of hydrogen-bond acceptors (Lipinski definition) is 16. The Labute approximate surface area is 340 Å². The Balaban J connectivity index is 1.01. The van der Waals surface area contributed by atoms with Crippen LogP contribution in [0.25, 0.3) is 0 Å². The maximum Gasteiger partial charge on any atom is 0.410 e. The van der Waals surface area contributed by atoms with Gasteiger partial charge in [0.15, 0.2) is 0 Å². The van der Waals surface area contributed by atoms with E-state index >= 15 is 0 Å². The van der Waals surface area contributed by atoms with Gasteiger partial charge in [0.1, 0.15) is 11.6 Å². The molecule has 58 heavy (non-hydrogen) atoms. The van der Waals surface area contributed by atoms with Crippen LogP contribution in [0, 0.1) is 0 Å². The van der Waals surface area contributed by atoms with Crippen LogP contribution in [0.1, 0.15) is 54.3 Å². The number of rotatable bonds is 32. The highest BCUT2D eigenvalue weighted by molar-refractivity contribution is 6.25. The van der Waals surface area contributed by atoms with Gasteiger partial charge < -0.3 is 57.6 Å². The van der Waals surface area contributed by atoms with E-state index in [1.807, 2.05) is 20.8 Å². The van der Waals surface area contributed by atoms with Gasteiger partial charge in [0.2, 0.25) is 11.8 Å². The second-order valence-corrected chi connectivity index (χ2v) is 14.0. The van der Waals surface area contributed by atoms with Crippen molar-refractivity contribution >= 4 is 35.4 Å². The van der Waals surface area contributed by atoms with Crippen LogP contribution in [-0.4, -0.2) is 190 Å². The number of ether oxygens (including phenoxy) is 10. The molecule has 1 atom stereocenters. The fourth-order valence-corrected chi connectivity index (χ4v) is 5.41. The van der Waals surface area contributed by atoms with Crippen LogP contribution in [0.4, 0.5) is 10.5 Å². The van der Waals surface area contributed by atoms with Crippen molar-refractivity contribution in [2.75, 3.05) is 144 Å². The van der Waals surface area contributed by atoms with Crippen molar-refractivity contribution in [2.45, 2.75) is 45.3 Å². The Morgan fingerprint density at radius 2 is 1.14 bits per heavy atom. The highest BCUT2D eigenvalue weighted by atomic mass is 16.6. The highest BCUT2D eigenvalue weighted by Crippen LogP contribution is 2.32. The SMILES string of the molecule is CN(CCOCCOCCOCCOCCOCCOCCOCCOCCOCCNc1cccc2c1C(=O)N(C1CCC(=O)NC1=O)C2=O)C(=O)OC(C)(C)C. The van der Waals surface area contributed by atoms with Crippen LogP contribution in [0.3, 0.4) is 0 Å². The number of likely N-dealkylation sites (N-methyl/N-ethyl adjacent to an activating group) is 1. The molecule has 1 aromatic carbocycles. The Kier molecular flexibility index (Phi) is 23.3. The molecule has 19 nitrogen and oxygen atoms in total. The summed E-state index contributed by atoms with van der Waals surface area (Å²) < 4.78 is 54.8. The van der Waals surface area contributed by atoms with E-state index in [0.29, 0.717) is 138 Å². The number of nitrogens with zero attached hydrogens (tertiary/aromatic N) is 2. The summed E-state index contributed by atoms with van der Waals surface area (Å²) in [5, 5.41) is 5.33. The van der Waals surface area contributed by atoms with Gasteiger partial charge in [-0.3, -0.25) is 29.4 Å². The number of carbonyl (C=O) groups excluding carboxylic acids is 5. The molecule has 5 amide bonds. The molecule has 0 aromatic heterocycles. The van der Waals surface area contributed by atoms with Crippen molar-refractivity contribution in [1.82, 2.24) is 15.1 Å². The third kappa shape index (κ3) is 18.9. The minimum Gasteiger partial charge on any atom is -0.444 e. The Morgan fingerprint density at radius 1 is 0.690 bits per heavy atom. The topological polar surface area (TPSA) is 208 Å². The van der Waals surface area contributed by atoms with E-state index in [4.69, 9.17) is 47.4 Å². The smallest absolute Gasteiger partial charge is 0.410 e. The summed E-state index contributed by atoms with van der Waals surface area (Å²) in [5.41, 5.74) is 0.372. The monoisotopic (exact) mass is 826 g/mol. The molecule has 3 rings (SSSR count). The number of amides is 5. The zero-order chi connectivity index (χ0) is 42.0. The first-order valence-electron chi connectivity index (χ1n) is 19.7. The van der Waals surface area contributed by atoms with Crippen molar-refractivity contribution in [3.8, 4) is 0 Å². The fourth-order valence-electron chi connectivity index (χ4n) is 5.41. The minimum atomic E-state index is -1.01. The number of anilines is 1. The fraction of sp³-hybridized carbons (Fsp3) is 0.718. The second-order valence-electron chi connectivity index (χ2n) is 14.0. The number of hydrogen-bond donors (Lipinski definition) is 2. The second kappa shape index (κ2) is 27.8. The van der Waals surface area contributed by atoms with Crippen LogP contribution in [-0.2, 0) is 57.0 Å². The van der Waals surface area contributed by atoms with Gasteiger partial charge in [-0.15, -0.1) is 0 Å². The Bertz CT molecular complexity index is 1410. The molecule has 19 heteroatoms. The normalized spacial score (nSPS) is 15.5. The molecule has 1 aromatic rings. The summed E-state index contributed by atoms with van der Waals surface area (Å²) in [6, 6.07) is 3.89. The van der Waals surface area contributed by atoms with Crippen LogP contribution < -0.4 is 10.6 Å². The molecule has 2 heterocycles. The first kappa shape index (κ1) is 48.6. The van der Waals surface area contributed by atoms with E-state index in [1.54, 1.807) is 25.2 Å². The van der Waals surface area contributed by atoms with Gasteiger partial charge in [0.25, 0.3) is 11.8 Å². The number of piperidine rings is 1. The van der Waals surface area contributed by atoms with Gasteiger partial charge in [-0.2, -0.15) is 0 Å². The molecule has 2 N–H and O–H groups in total. The number of benzene rings is 1. The van der Waals surface area contributed by atoms with E-state index < -0.39 is 35.3 Å². The summed E-state index contributed by atoms with van der Waals surface area (Å²) in [6.07, 6.45) is -0.214. The maximum atomic E-state index is 13.2. The van der Waals surface area contributed by atoms with Gasteiger partial charge >= 0.3 is 6.09 Å². The van der Waals surface area contributed by atoms with Crippen molar-refractivity contribution in [3.05, 3.63) is 29.3 Å². The summed E-state index contributed by atoms with van der Waals surface area (Å²) in [6.45, 7) is 14.0. The molecule has 1 saturated heterocycles. The third-order valence-electron chi connectivity index (χ3n) is 8.28. The van der Waals surface area contributed by atoms with Gasteiger partial charge in [-0.05, 0) is 39.3 Å². The van der Waals surface area contributed by atoms with E-state index in [1.165, 1.54) is 4.90 Å². The van der Waals surface area contributed by atoms with E-state index in [9.17, 15) is 24.0 Å². The van der Waals surface area contributed by atoms with Gasteiger partial charge in [0, 0.05) is 32.2 Å². The molecule has 2 aliphatic rings. The number of carbonyl (C=O) groups is 5. The van der Waals surface area contributed by atoms with Gasteiger partial charge in [0.05, 0.1) is 130 Å². The van der Waals surface area contributed by atoms with Crippen molar-refractivity contribution in [2.24, 2.45) is 0 Å². The number of fused-ring (bicyclic) bond motifs is 1. The molecule has 0 radical (unpaired) electrons. The van der Waals surface area contributed by atoms with Crippen molar-refractivity contribution in [3.63, 3.8) is 0 Å². The van der Waals surface area contributed by atoms with Crippen LogP contribution in [0.5, 0.6) is 0 Å². The summed E-state index contributed by atoms with van der Waals surface area (Å²) in [5.74, 6) is -2.18. The van der Waals surface area contributed by atoms with E-state index in [0.717, 1.165) is 4.90 Å². The zero-order valence-corrected chi connectivity index (χ0v) is 34.4. The Hall–Kier alpha value is -3.79. The zero-order valence-electron chi connectivity index (χ0n) is 34.4. The average molecular weight is 827 g/mol. The molecule has 2 aliphatic heterocycles.